The monoisotopic (exact) mass is 237 g/mol. The number of aryl methyl sites for hydroxylation is 1. The molecule has 2 heteroatoms. The smallest absolute Gasteiger partial charge is 0.0437 e. The van der Waals surface area contributed by atoms with Crippen LogP contribution in [0.1, 0.15) is 38.2 Å². The molecule has 1 aliphatic heterocycles. The number of nitrogens with one attached hydrogen (secondary N) is 1. The lowest BCUT2D eigenvalue weighted by molar-refractivity contribution is 0.261. The maximum atomic E-state index is 6.17. The van der Waals surface area contributed by atoms with Crippen LogP contribution in [0.15, 0.2) is 24.3 Å². The Hall–Kier alpha value is -0.530. The van der Waals surface area contributed by atoms with Crippen LogP contribution in [0.3, 0.4) is 0 Å². The van der Waals surface area contributed by atoms with Crippen LogP contribution in [0.4, 0.5) is 0 Å². The average molecular weight is 238 g/mol. The number of halogens is 1. The molecule has 16 heavy (non-hydrogen) atoms. The molecule has 1 N–H and O–H groups in total. The molecule has 0 spiro atoms. The highest BCUT2D eigenvalue weighted by Gasteiger charge is 2.25. The van der Waals surface area contributed by atoms with Gasteiger partial charge in [0.2, 0.25) is 0 Å². The summed E-state index contributed by atoms with van der Waals surface area (Å²) in [6.45, 7) is 3.50. The lowest BCUT2D eigenvalue weighted by Crippen LogP contribution is -2.46. The minimum absolute atomic E-state index is 0.317. The second-order valence-corrected chi connectivity index (χ2v) is 5.44. The first-order chi connectivity index (χ1) is 7.70. The van der Waals surface area contributed by atoms with Crippen LogP contribution < -0.4 is 5.32 Å². The molecule has 1 unspecified atom stereocenters. The van der Waals surface area contributed by atoms with Crippen molar-refractivity contribution < 1.29 is 0 Å². The quantitative estimate of drug-likeness (QED) is 0.843. The van der Waals surface area contributed by atoms with Gasteiger partial charge in [0.1, 0.15) is 0 Å². The molecule has 0 aromatic heterocycles. The predicted octanol–water partition coefficient (Wildman–Crippen LogP) is 3.80. The van der Waals surface area contributed by atoms with E-state index < -0.39 is 0 Å². The highest BCUT2D eigenvalue weighted by molar-refractivity contribution is 6.31. The summed E-state index contributed by atoms with van der Waals surface area (Å²) >= 11 is 6.17. The first-order valence-electron chi connectivity index (χ1n) is 6.18. The first-order valence-corrected chi connectivity index (χ1v) is 6.56. The van der Waals surface area contributed by atoms with Crippen LogP contribution >= 0.6 is 11.6 Å². The molecule has 1 aromatic carbocycles. The lowest BCUT2D eigenvalue weighted by Gasteiger charge is -2.35. The molecular weight excluding hydrogens is 218 g/mol. The molecule has 1 aromatic rings. The van der Waals surface area contributed by atoms with Crippen LogP contribution in [0, 0.1) is 0 Å². The van der Waals surface area contributed by atoms with Gasteiger partial charge < -0.3 is 5.32 Å². The number of hydrogen-bond donors (Lipinski definition) is 1. The molecule has 0 amide bonds. The van der Waals surface area contributed by atoms with Crippen molar-refractivity contribution in [3.63, 3.8) is 0 Å². The fourth-order valence-electron chi connectivity index (χ4n) is 2.44. The van der Waals surface area contributed by atoms with E-state index in [4.69, 9.17) is 11.6 Å². The molecule has 1 fully saturated rings. The molecule has 1 saturated heterocycles. The topological polar surface area (TPSA) is 12.0 Å². The van der Waals surface area contributed by atoms with Gasteiger partial charge in [-0.1, -0.05) is 36.2 Å². The molecule has 0 aliphatic carbocycles. The van der Waals surface area contributed by atoms with Crippen LogP contribution in [-0.2, 0) is 6.42 Å². The zero-order valence-electron chi connectivity index (χ0n) is 9.93. The van der Waals surface area contributed by atoms with E-state index in [1.807, 2.05) is 12.1 Å². The summed E-state index contributed by atoms with van der Waals surface area (Å²) in [7, 11) is 0. The number of rotatable bonds is 3. The summed E-state index contributed by atoms with van der Waals surface area (Å²) in [5.74, 6) is 0. The Bertz CT molecular complexity index is 342. The third-order valence-corrected chi connectivity index (χ3v) is 3.98. The molecule has 1 heterocycles. The third-order valence-electron chi connectivity index (χ3n) is 3.61. The molecule has 0 bridgehead atoms. The Morgan fingerprint density at radius 3 is 2.81 bits per heavy atom. The van der Waals surface area contributed by atoms with Crippen molar-refractivity contribution in [2.75, 3.05) is 6.54 Å². The highest BCUT2D eigenvalue weighted by atomic mass is 35.5. The molecule has 1 nitrogen and oxygen atoms in total. The highest BCUT2D eigenvalue weighted by Crippen LogP contribution is 2.26. The van der Waals surface area contributed by atoms with E-state index >= 15 is 0 Å². The minimum atomic E-state index is 0.317. The van der Waals surface area contributed by atoms with Gasteiger partial charge in [-0.3, -0.25) is 0 Å². The summed E-state index contributed by atoms with van der Waals surface area (Å²) in [4.78, 5) is 0. The van der Waals surface area contributed by atoms with Gasteiger partial charge in [0.15, 0.2) is 0 Å². The van der Waals surface area contributed by atoms with E-state index in [0.717, 1.165) is 11.4 Å². The molecule has 88 valence electrons. The van der Waals surface area contributed by atoms with E-state index in [9.17, 15) is 0 Å². The summed E-state index contributed by atoms with van der Waals surface area (Å²) in [6, 6.07) is 8.17. The second-order valence-electron chi connectivity index (χ2n) is 5.04. The zero-order chi connectivity index (χ0) is 11.4. The maximum absolute atomic E-state index is 6.17. The van der Waals surface area contributed by atoms with Crippen molar-refractivity contribution in [2.45, 2.75) is 44.6 Å². The van der Waals surface area contributed by atoms with Gasteiger partial charge >= 0.3 is 0 Å². The third kappa shape index (κ3) is 2.99. The van der Waals surface area contributed by atoms with Gasteiger partial charge in [0.05, 0.1) is 0 Å². The summed E-state index contributed by atoms with van der Waals surface area (Å²) < 4.78 is 0. The van der Waals surface area contributed by atoms with Crippen LogP contribution in [-0.4, -0.2) is 12.1 Å². The Balaban J connectivity index is 1.94. The SMILES string of the molecule is CC1(CCc2ccccc2Cl)CCCCN1. The van der Waals surface area contributed by atoms with E-state index in [0.29, 0.717) is 5.54 Å². The van der Waals surface area contributed by atoms with Crippen molar-refractivity contribution >= 4 is 11.6 Å². The lowest BCUT2D eigenvalue weighted by atomic mass is 9.85. The summed E-state index contributed by atoms with van der Waals surface area (Å²) in [6.07, 6.45) is 6.21. The van der Waals surface area contributed by atoms with Crippen LogP contribution in [0.5, 0.6) is 0 Å². The molecule has 0 saturated carbocycles. The summed E-state index contributed by atoms with van der Waals surface area (Å²) in [5.41, 5.74) is 1.59. The van der Waals surface area contributed by atoms with Crippen molar-refractivity contribution in [1.82, 2.24) is 5.32 Å². The van der Waals surface area contributed by atoms with E-state index in [-0.39, 0.29) is 0 Å². The fourth-order valence-corrected chi connectivity index (χ4v) is 2.67. The standard InChI is InChI=1S/C14H20ClN/c1-14(9-4-5-11-16-14)10-8-12-6-2-3-7-13(12)15/h2-3,6-7,16H,4-5,8-11H2,1H3. The Morgan fingerprint density at radius 1 is 1.31 bits per heavy atom. The van der Waals surface area contributed by atoms with Crippen molar-refractivity contribution in [2.24, 2.45) is 0 Å². The van der Waals surface area contributed by atoms with Gasteiger partial charge in [0, 0.05) is 10.6 Å². The van der Waals surface area contributed by atoms with Gasteiger partial charge in [-0.05, 0) is 50.8 Å². The molecule has 2 rings (SSSR count). The largest absolute Gasteiger partial charge is 0.312 e. The van der Waals surface area contributed by atoms with Crippen LogP contribution in [0.25, 0.3) is 0 Å². The van der Waals surface area contributed by atoms with Gasteiger partial charge in [-0.15, -0.1) is 0 Å². The number of benzene rings is 1. The summed E-state index contributed by atoms with van der Waals surface area (Å²) in [5, 5.41) is 4.55. The number of hydrogen-bond acceptors (Lipinski definition) is 1. The van der Waals surface area contributed by atoms with E-state index in [2.05, 4.69) is 24.4 Å². The predicted molar refractivity (Wildman–Crippen MR) is 70.0 cm³/mol. The molecule has 1 atom stereocenters. The van der Waals surface area contributed by atoms with Crippen molar-refractivity contribution in [3.05, 3.63) is 34.9 Å². The fraction of sp³-hybridized carbons (Fsp3) is 0.571. The normalized spacial score (nSPS) is 25.6. The van der Waals surface area contributed by atoms with Crippen molar-refractivity contribution in [1.29, 1.82) is 0 Å². The molecule has 1 aliphatic rings. The Morgan fingerprint density at radius 2 is 2.12 bits per heavy atom. The van der Waals surface area contributed by atoms with Gasteiger partial charge in [0.25, 0.3) is 0 Å². The average Bonchev–Trinajstić information content (AvgIpc) is 2.29. The first kappa shape index (κ1) is 11.9. The van der Waals surface area contributed by atoms with E-state index in [1.54, 1.807) is 0 Å². The van der Waals surface area contributed by atoms with E-state index in [1.165, 1.54) is 37.8 Å². The van der Waals surface area contributed by atoms with Crippen molar-refractivity contribution in [3.8, 4) is 0 Å². The maximum Gasteiger partial charge on any atom is 0.0437 e. The Labute approximate surface area is 103 Å². The molecule has 0 radical (unpaired) electrons. The Kier molecular flexibility index (Phi) is 3.88. The zero-order valence-corrected chi connectivity index (χ0v) is 10.7. The number of piperidine rings is 1. The van der Waals surface area contributed by atoms with Gasteiger partial charge in [-0.25, -0.2) is 0 Å². The minimum Gasteiger partial charge on any atom is -0.312 e. The molecular formula is C14H20ClN. The second kappa shape index (κ2) is 5.20. The van der Waals surface area contributed by atoms with Crippen LogP contribution in [0.2, 0.25) is 5.02 Å². The van der Waals surface area contributed by atoms with Gasteiger partial charge in [-0.2, -0.15) is 0 Å².